The highest BCUT2D eigenvalue weighted by Crippen LogP contribution is 2.30. The predicted octanol–water partition coefficient (Wildman–Crippen LogP) is 1.39. The summed E-state index contributed by atoms with van der Waals surface area (Å²) in [5.74, 6) is 0.824. The number of hydrogen-bond donors (Lipinski definition) is 0. The van der Waals surface area contributed by atoms with Gasteiger partial charge in [-0.1, -0.05) is 0 Å². The SMILES string of the molecule is CC1=CN(C)C(C2CCN(C)CC2)N1C. The van der Waals surface area contributed by atoms with Crippen LogP contribution in [0, 0.1) is 5.92 Å². The molecule has 3 heteroatoms. The van der Waals surface area contributed by atoms with Crippen molar-refractivity contribution in [3.63, 3.8) is 0 Å². The Kier molecular flexibility index (Phi) is 2.91. The minimum Gasteiger partial charge on any atom is -0.359 e. The first-order valence-corrected chi connectivity index (χ1v) is 5.91. The third-order valence-corrected chi connectivity index (χ3v) is 3.95. The summed E-state index contributed by atoms with van der Waals surface area (Å²) in [5.41, 5.74) is 1.39. The van der Waals surface area contributed by atoms with E-state index in [1.165, 1.54) is 31.6 Å². The van der Waals surface area contributed by atoms with Crippen molar-refractivity contribution < 1.29 is 0 Å². The first-order valence-electron chi connectivity index (χ1n) is 5.91. The van der Waals surface area contributed by atoms with Crippen molar-refractivity contribution in [2.75, 3.05) is 34.2 Å². The maximum atomic E-state index is 2.44. The fourth-order valence-electron chi connectivity index (χ4n) is 2.92. The third-order valence-electron chi connectivity index (χ3n) is 3.95. The summed E-state index contributed by atoms with van der Waals surface area (Å²) >= 11 is 0. The van der Waals surface area contributed by atoms with Crippen LogP contribution in [0.1, 0.15) is 19.8 Å². The molecule has 0 aromatic carbocycles. The Morgan fingerprint density at radius 3 is 2.20 bits per heavy atom. The van der Waals surface area contributed by atoms with Crippen LogP contribution in [-0.2, 0) is 0 Å². The zero-order chi connectivity index (χ0) is 11.0. The fourth-order valence-corrected chi connectivity index (χ4v) is 2.92. The third kappa shape index (κ3) is 1.98. The van der Waals surface area contributed by atoms with Crippen molar-refractivity contribution in [3.8, 4) is 0 Å². The molecular formula is C12H23N3. The van der Waals surface area contributed by atoms with Gasteiger partial charge in [0, 0.05) is 31.9 Å². The second-order valence-electron chi connectivity index (χ2n) is 5.10. The van der Waals surface area contributed by atoms with Crippen LogP contribution in [0.4, 0.5) is 0 Å². The van der Waals surface area contributed by atoms with E-state index in [1.807, 2.05) is 0 Å². The second kappa shape index (κ2) is 4.05. The highest BCUT2D eigenvalue weighted by Gasteiger charge is 2.33. The quantitative estimate of drug-likeness (QED) is 0.646. The van der Waals surface area contributed by atoms with Crippen LogP contribution >= 0.6 is 0 Å². The lowest BCUT2D eigenvalue weighted by Gasteiger charge is -2.39. The van der Waals surface area contributed by atoms with Crippen molar-refractivity contribution >= 4 is 0 Å². The Balaban J connectivity index is 2.00. The summed E-state index contributed by atoms with van der Waals surface area (Å²) in [4.78, 5) is 7.24. The van der Waals surface area contributed by atoms with E-state index in [0.29, 0.717) is 6.17 Å². The summed E-state index contributed by atoms with van der Waals surface area (Å²) in [6.07, 6.45) is 5.52. The van der Waals surface area contributed by atoms with Gasteiger partial charge in [-0.25, -0.2) is 0 Å². The van der Waals surface area contributed by atoms with Gasteiger partial charge in [0.05, 0.1) is 0 Å². The van der Waals surface area contributed by atoms with E-state index in [4.69, 9.17) is 0 Å². The second-order valence-corrected chi connectivity index (χ2v) is 5.10. The van der Waals surface area contributed by atoms with Crippen molar-refractivity contribution in [1.82, 2.24) is 14.7 Å². The Morgan fingerprint density at radius 2 is 1.73 bits per heavy atom. The molecule has 0 radical (unpaired) electrons. The smallest absolute Gasteiger partial charge is 0.103 e. The molecule has 2 aliphatic rings. The van der Waals surface area contributed by atoms with Gasteiger partial charge in [0.15, 0.2) is 0 Å². The number of rotatable bonds is 1. The molecule has 1 fully saturated rings. The van der Waals surface area contributed by atoms with Crippen LogP contribution in [0.2, 0.25) is 0 Å². The van der Waals surface area contributed by atoms with Gasteiger partial charge in [-0.05, 0) is 39.9 Å². The molecule has 0 N–H and O–H groups in total. The van der Waals surface area contributed by atoms with Crippen LogP contribution in [0.15, 0.2) is 11.9 Å². The summed E-state index contributed by atoms with van der Waals surface area (Å²) in [6.45, 7) is 4.70. The Morgan fingerprint density at radius 1 is 1.13 bits per heavy atom. The van der Waals surface area contributed by atoms with Gasteiger partial charge in [0.25, 0.3) is 0 Å². The van der Waals surface area contributed by atoms with E-state index >= 15 is 0 Å². The van der Waals surface area contributed by atoms with Gasteiger partial charge in [0.1, 0.15) is 6.17 Å². The molecule has 86 valence electrons. The molecule has 0 saturated carbocycles. The van der Waals surface area contributed by atoms with Crippen LogP contribution < -0.4 is 0 Å². The molecule has 15 heavy (non-hydrogen) atoms. The molecule has 2 rings (SSSR count). The topological polar surface area (TPSA) is 9.72 Å². The zero-order valence-electron chi connectivity index (χ0n) is 10.4. The number of piperidine rings is 1. The van der Waals surface area contributed by atoms with Gasteiger partial charge < -0.3 is 14.7 Å². The standard InChI is InChI=1S/C12H23N3/c1-10-9-14(3)12(15(10)4)11-5-7-13(2)8-6-11/h9,11-12H,5-8H2,1-4H3. The zero-order valence-corrected chi connectivity index (χ0v) is 10.4. The monoisotopic (exact) mass is 209 g/mol. The molecule has 1 saturated heterocycles. The summed E-state index contributed by atoms with van der Waals surface area (Å²) < 4.78 is 0. The van der Waals surface area contributed by atoms with E-state index < -0.39 is 0 Å². The molecule has 1 unspecified atom stereocenters. The van der Waals surface area contributed by atoms with Crippen molar-refractivity contribution in [3.05, 3.63) is 11.9 Å². The summed E-state index contributed by atoms with van der Waals surface area (Å²) in [7, 11) is 6.65. The average molecular weight is 209 g/mol. The molecule has 1 atom stereocenters. The molecule has 2 heterocycles. The van der Waals surface area contributed by atoms with Gasteiger partial charge in [-0.2, -0.15) is 0 Å². The molecule has 0 aromatic heterocycles. The lowest BCUT2D eigenvalue weighted by molar-refractivity contribution is 0.0772. The predicted molar refractivity (Wildman–Crippen MR) is 63.3 cm³/mol. The van der Waals surface area contributed by atoms with E-state index in [9.17, 15) is 0 Å². The van der Waals surface area contributed by atoms with Gasteiger partial charge in [-0.15, -0.1) is 0 Å². The average Bonchev–Trinajstić information content (AvgIpc) is 2.44. The van der Waals surface area contributed by atoms with Crippen LogP contribution in [0.5, 0.6) is 0 Å². The number of nitrogens with zero attached hydrogens (tertiary/aromatic N) is 3. The molecule has 0 bridgehead atoms. The highest BCUT2D eigenvalue weighted by atomic mass is 15.4. The highest BCUT2D eigenvalue weighted by molar-refractivity contribution is 5.07. The van der Waals surface area contributed by atoms with E-state index in [2.05, 4.69) is 49.0 Å². The number of likely N-dealkylation sites (tertiary alicyclic amines) is 1. The molecule has 3 nitrogen and oxygen atoms in total. The van der Waals surface area contributed by atoms with Gasteiger partial charge in [-0.3, -0.25) is 0 Å². The van der Waals surface area contributed by atoms with Crippen molar-refractivity contribution in [2.45, 2.75) is 25.9 Å². The number of allylic oxidation sites excluding steroid dienone is 1. The maximum absolute atomic E-state index is 2.44. The van der Waals surface area contributed by atoms with Crippen LogP contribution in [0.3, 0.4) is 0 Å². The molecule has 0 spiro atoms. The van der Waals surface area contributed by atoms with E-state index in [-0.39, 0.29) is 0 Å². The molecule has 0 aliphatic carbocycles. The summed E-state index contributed by atoms with van der Waals surface area (Å²) in [5, 5.41) is 0. The molecule has 0 amide bonds. The lowest BCUT2D eigenvalue weighted by Crippen LogP contribution is -2.46. The maximum Gasteiger partial charge on any atom is 0.103 e. The molecule has 2 aliphatic heterocycles. The molecule has 0 aromatic rings. The Bertz CT molecular complexity index is 254. The normalized spacial score (nSPS) is 29.9. The fraction of sp³-hybridized carbons (Fsp3) is 0.833. The lowest BCUT2D eigenvalue weighted by atomic mass is 9.93. The van der Waals surface area contributed by atoms with Crippen LogP contribution in [0.25, 0.3) is 0 Å². The molecular weight excluding hydrogens is 186 g/mol. The Hall–Kier alpha value is -0.700. The van der Waals surface area contributed by atoms with Crippen molar-refractivity contribution in [1.29, 1.82) is 0 Å². The van der Waals surface area contributed by atoms with Gasteiger partial charge in [0.2, 0.25) is 0 Å². The minimum absolute atomic E-state index is 0.596. The van der Waals surface area contributed by atoms with E-state index in [1.54, 1.807) is 0 Å². The Labute approximate surface area is 93.3 Å². The minimum atomic E-state index is 0.596. The number of hydrogen-bond acceptors (Lipinski definition) is 3. The first-order chi connectivity index (χ1) is 7.09. The first kappa shape index (κ1) is 10.8. The summed E-state index contributed by atoms with van der Waals surface area (Å²) in [6, 6.07) is 0. The van der Waals surface area contributed by atoms with Crippen molar-refractivity contribution in [2.24, 2.45) is 5.92 Å². The largest absolute Gasteiger partial charge is 0.359 e. The van der Waals surface area contributed by atoms with Gasteiger partial charge >= 0.3 is 0 Å². The van der Waals surface area contributed by atoms with E-state index in [0.717, 1.165) is 5.92 Å². The van der Waals surface area contributed by atoms with Crippen LogP contribution in [-0.4, -0.2) is 55.1 Å².